The molecule has 0 aliphatic carbocycles. The highest BCUT2D eigenvalue weighted by molar-refractivity contribution is 7.93. The van der Waals surface area contributed by atoms with Gasteiger partial charge in [-0.25, -0.2) is 18.2 Å². The van der Waals surface area contributed by atoms with Crippen molar-refractivity contribution in [1.82, 2.24) is 4.98 Å². The summed E-state index contributed by atoms with van der Waals surface area (Å²) < 4.78 is 32.7. The Labute approximate surface area is 169 Å². The predicted molar refractivity (Wildman–Crippen MR) is 106 cm³/mol. The van der Waals surface area contributed by atoms with E-state index in [1.807, 2.05) is 0 Å². The topological polar surface area (TPSA) is 135 Å². The summed E-state index contributed by atoms with van der Waals surface area (Å²) in [7, 11) is -3.92. The van der Waals surface area contributed by atoms with E-state index in [0.29, 0.717) is 22.7 Å². The van der Waals surface area contributed by atoms with Crippen LogP contribution in [0, 0.1) is 0 Å². The van der Waals surface area contributed by atoms with Crippen molar-refractivity contribution in [3.05, 3.63) is 53.4 Å². The third kappa shape index (κ3) is 3.91. The first-order valence-electron chi connectivity index (χ1n) is 8.20. The Morgan fingerprint density at radius 1 is 1.21 bits per heavy atom. The normalized spacial score (nSPS) is 13.2. The average molecular weight is 431 g/mol. The number of anilines is 2. The van der Waals surface area contributed by atoms with Crippen molar-refractivity contribution in [1.29, 1.82) is 0 Å². The van der Waals surface area contributed by atoms with Crippen molar-refractivity contribution in [2.75, 3.05) is 16.6 Å². The fourth-order valence-electron chi connectivity index (χ4n) is 2.65. The molecule has 1 aromatic heterocycles. The highest BCUT2D eigenvalue weighted by atomic mass is 32.2. The smallest absolute Gasteiger partial charge is 0.335 e. The van der Waals surface area contributed by atoms with Gasteiger partial charge in [-0.05, 0) is 42.5 Å². The molecule has 0 atom stereocenters. The minimum Gasteiger partial charge on any atom is -0.482 e. The van der Waals surface area contributed by atoms with Crippen LogP contribution < -0.4 is 14.8 Å². The van der Waals surface area contributed by atoms with E-state index in [1.54, 1.807) is 23.6 Å². The molecule has 0 radical (unpaired) electrons. The first-order chi connectivity index (χ1) is 13.8. The molecular weight excluding hydrogens is 418 g/mol. The molecule has 3 aromatic rings. The molecule has 3 N–H and O–H groups in total. The number of hydrogen-bond acceptors (Lipinski definition) is 7. The minimum absolute atomic E-state index is 0.0102. The van der Waals surface area contributed by atoms with Gasteiger partial charge >= 0.3 is 5.97 Å². The molecule has 0 fully saturated rings. The SMILES string of the molecule is O=C1COc2ccc(-c3csc(NS(=O)(=O)c4ccc(C(=O)O)cc4)n3)cc2N1. The number of fused-ring (bicyclic) bond motifs is 1. The van der Waals surface area contributed by atoms with E-state index in [2.05, 4.69) is 15.0 Å². The number of thiazole rings is 1. The molecule has 1 aliphatic rings. The second-order valence-corrected chi connectivity index (χ2v) is 8.56. The number of ether oxygens (including phenoxy) is 1. The maximum Gasteiger partial charge on any atom is 0.335 e. The molecule has 0 unspecified atom stereocenters. The van der Waals surface area contributed by atoms with Crippen LogP contribution in [-0.2, 0) is 14.8 Å². The first kappa shape index (κ1) is 18.9. The van der Waals surface area contributed by atoms with Crippen LogP contribution in [0.5, 0.6) is 5.75 Å². The van der Waals surface area contributed by atoms with Crippen LogP contribution in [0.25, 0.3) is 11.3 Å². The molecule has 1 aliphatic heterocycles. The first-order valence-corrected chi connectivity index (χ1v) is 10.6. The number of sulfonamides is 1. The van der Waals surface area contributed by atoms with Gasteiger partial charge in [0.1, 0.15) is 5.75 Å². The van der Waals surface area contributed by atoms with Gasteiger partial charge in [-0.15, -0.1) is 11.3 Å². The molecule has 4 rings (SSSR count). The van der Waals surface area contributed by atoms with E-state index in [1.165, 1.54) is 24.3 Å². The van der Waals surface area contributed by atoms with Crippen molar-refractivity contribution < 1.29 is 27.9 Å². The lowest BCUT2D eigenvalue weighted by Gasteiger charge is -2.18. The van der Waals surface area contributed by atoms with Crippen LogP contribution in [0.3, 0.4) is 0 Å². The third-order valence-corrected chi connectivity index (χ3v) is 6.29. The van der Waals surface area contributed by atoms with E-state index in [0.717, 1.165) is 11.3 Å². The fraction of sp³-hybridized carbons (Fsp3) is 0.0556. The molecule has 2 aromatic carbocycles. The van der Waals surface area contributed by atoms with Gasteiger partial charge in [-0.2, -0.15) is 0 Å². The number of aromatic carboxylic acids is 1. The Morgan fingerprint density at radius 2 is 1.97 bits per heavy atom. The number of aromatic nitrogens is 1. The highest BCUT2D eigenvalue weighted by Crippen LogP contribution is 2.34. The average Bonchev–Trinajstić information content (AvgIpc) is 3.15. The number of amides is 1. The van der Waals surface area contributed by atoms with Gasteiger partial charge in [-0.1, -0.05) is 0 Å². The number of rotatable bonds is 5. The molecule has 0 saturated heterocycles. The number of carboxylic acids is 1. The summed E-state index contributed by atoms with van der Waals surface area (Å²) in [4.78, 5) is 26.6. The van der Waals surface area contributed by atoms with E-state index >= 15 is 0 Å². The summed E-state index contributed by atoms with van der Waals surface area (Å²) in [5.41, 5.74) is 1.72. The predicted octanol–water partition coefficient (Wildman–Crippen LogP) is 2.64. The Hall–Kier alpha value is -3.44. The molecule has 1 amide bonds. The standard InChI is InChI=1S/C18H13N3O6S2/c22-16-8-27-15-6-3-11(7-13(15)19-16)14-9-28-18(20-14)21-29(25,26)12-4-1-10(2-5-12)17(23)24/h1-7,9H,8H2,(H,19,22)(H,20,21)(H,23,24). The van der Waals surface area contributed by atoms with Gasteiger partial charge in [0.05, 0.1) is 21.8 Å². The highest BCUT2D eigenvalue weighted by Gasteiger charge is 2.19. The molecule has 2 heterocycles. The summed E-state index contributed by atoms with van der Waals surface area (Å²) in [5, 5.41) is 13.4. The van der Waals surface area contributed by atoms with Crippen LogP contribution >= 0.6 is 11.3 Å². The number of carbonyl (C=O) groups is 2. The molecule has 0 bridgehead atoms. The maximum atomic E-state index is 12.5. The molecular formula is C18H13N3O6S2. The van der Waals surface area contributed by atoms with Crippen LogP contribution in [0.1, 0.15) is 10.4 Å². The van der Waals surface area contributed by atoms with E-state index < -0.39 is 16.0 Å². The summed E-state index contributed by atoms with van der Waals surface area (Å²) in [6.07, 6.45) is 0. The number of nitrogens with zero attached hydrogens (tertiary/aromatic N) is 1. The number of nitrogens with one attached hydrogen (secondary N) is 2. The summed E-state index contributed by atoms with van der Waals surface area (Å²) >= 11 is 1.10. The molecule has 29 heavy (non-hydrogen) atoms. The van der Waals surface area contributed by atoms with Crippen molar-refractivity contribution >= 4 is 44.1 Å². The summed E-state index contributed by atoms with van der Waals surface area (Å²) in [5.74, 6) is -0.845. The zero-order chi connectivity index (χ0) is 20.6. The zero-order valence-electron chi connectivity index (χ0n) is 14.6. The fourth-order valence-corrected chi connectivity index (χ4v) is 4.62. The number of carbonyl (C=O) groups excluding carboxylic acids is 1. The lowest BCUT2D eigenvalue weighted by atomic mass is 10.1. The molecule has 0 spiro atoms. The lowest BCUT2D eigenvalue weighted by molar-refractivity contribution is -0.118. The van der Waals surface area contributed by atoms with E-state index in [4.69, 9.17) is 9.84 Å². The number of benzene rings is 2. The summed E-state index contributed by atoms with van der Waals surface area (Å²) in [6, 6.07) is 10.0. The molecule has 9 nitrogen and oxygen atoms in total. The van der Waals surface area contributed by atoms with Crippen molar-refractivity contribution in [2.45, 2.75) is 4.90 Å². The second kappa shape index (κ2) is 7.18. The zero-order valence-corrected chi connectivity index (χ0v) is 16.2. The Balaban J connectivity index is 1.55. The number of hydrogen-bond donors (Lipinski definition) is 3. The molecule has 11 heteroatoms. The molecule has 148 valence electrons. The maximum absolute atomic E-state index is 12.5. The van der Waals surface area contributed by atoms with Gasteiger partial charge < -0.3 is 15.2 Å². The summed E-state index contributed by atoms with van der Waals surface area (Å²) in [6.45, 7) is -0.0393. The Bertz CT molecular complexity index is 1220. The van der Waals surface area contributed by atoms with Gasteiger partial charge in [-0.3, -0.25) is 9.52 Å². The van der Waals surface area contributed by atoms with Gasteiger partial charge in [0.25, 0.3) is 15.9 Å². The van der Waals surface area contributed by atoms with Crippen LogP contribution in [0.4, 0.5) is 10.8 Å². The van der Waals surface area contributed by atoms with Crippen LogP contribution in [0.2, 0.25) is 0 Å². The third-order valence-electron chi connectivity index (χ3n) is 4.05. The largest absolute Gasteiger partial charge is 0.482 e. The van der Waals surface area contributed by atoms with Gasteiger partial charge in [0.2, 0.25) is 0 Å². The molecule has 0 saturated carbocycles. The minimum atomic E-state index is -3.92. The second-order valence-electron chi connectivity index (χ2n) is 6.02. The Kier molecular flexibility index (Phi) is 4.68. The van der Waals surface area contributed by atoms with Gasteiger partial charge in [0.15, 0.2) is 11.7 Å². The van der Waals surface area contributed by atoms with Crippen molar-refractivity contribution in [2.24, 2.45) is 0 Å². The lowest BCUT2D eigenvalue weighted by Crippen LogP contribution is -2.25. The van der Waals surface area contributed by atoms with Crippen LogP contribution in [0.15, 0.2) is 52.7 Å². The number of carboxylic acid groups (broad SMARTS) is 1. The van der Waals surface area contributed by atoms with Crippen molar-refractivity contribution in [3.8, 4) is 17.0 Å². The van der Waals surface area contributed by atoms with Crippen LogP contribution in [-0.4, -0.2) is 37.0 Å². The quantitative estimate of drug-likeness (QED) is 0.565. The van der Waals surface area contributed by atoms with E-state index in [9.17, 15) is 18.0 Å². The van der Waals surface area contributed by atoms with E-state index in [-0.39, 0.29) is 28.1 Å². The van der Waals surface area contributed by atoms with Crippen molar-refractivity contribution in [3.63, 3.8) is 0 Å². The van der Waals surface area contributed by atoms with Gasteiger partial charge in [0, 0.05) is 10.9 Å². The Morgan fingerprint density at radius 3 is 2.69 bits per heavy atom. The monoisotopic (exact) mass is 431 g/mol.